The molecule has 1 aliphatic rings. The zero-order chi connectivity index (χ0) is 23.8. The van der Waals surface area contributed by atoms with Crippen LogP contribution in [0.4, 0.5) is 14.7 Å². The van der Waals surface area contributed by atoms with Crippen LogP contribution in [0.2, 0.25) is 0 Å². The van der Waals surface area contributed by atoms with Crippen molar-refractivity contribution in [3.63, 3.8) is 0 Å². The Morgan fingerprint density at radius 2 is 1.94 bits per heavy atom. The molecule has 178 valence electrons. The van der Waals surface area contributed by atoms with Gasteiger partial charge in [0.15, 0.2) is 5.65 Å². The number of fused-ring (bicyclic) bond motifs is 2. The summed E-state index contributed by atoms with van der Waals surface area (Å²) in [6.07, 6.45) is 4.75. The van der Waals surface area contributed by atoms with Gasteiger partial charge in [-0.1, -0.05) is 0 Å². The number of aromatic nitrogens is 6. The van der Waals surface area contributed by atoms with E-state index in [9.17, 15) is 13.6 Å². The topological polar surface area (TPSA) is 113 Å². The Kier molecular flexibility index (Phi) is 5.84. The molecule has 0 saturated heterocycles. The van der Waals surface area contributed by atoms with Gasteiger partial charge in [0.05, 0.1) is 12.2 Å². The number of H-pyrrole nitrogens is 1. The van der Waals surface area contributed by atoms with Crippen LogP contribution in [0, 0.1) is 6.92 Å². The highest BCUT2D eigenvalue weighted by Gasteiger charge is 2.22. The maximum Gasteiger partial charge on any atom is 0.256 e. The Labute approximate surface area is 194 Å². The third-order valence-electron chi connectivity index (χ3n) is 6.28. The number of amides is 1. The first-order valence-electron chi connectivity index (χ1n) is 11.4. The fourth-order valence-corrected chi connectivity index (χ4v) is 4.66. The van der Waals surface area contributed by atoms with Crippen molar-refractivity contribution in [2.45, 2.75) is 64.6 Å². The van der Waals surface area contributed by atoms with Crippen LogP contribution in [0.15, 0.2) is 24.5 Å². The van der Waals surface area contributed by atoms with Crippen molar-refractivity contribution in [2.24, 2.45) is 0 Å². The molecule has 0 aromatic carbocycles. The summed E-state index contributed by atoms with van der Waals surface area (Å²) in [5.74, 6) is 1.05. The highest BCUT2D eigenvalue weighted by atomic mass is 19.3. The predicted octanol–water partition coefficient (Wildman–Crippen LogP) is 3.80. The third-order valence-corrected chi connectivity index (χ3v) is 6.28. The van der Waals surface area contributed by atoms with Crippen LogP contribution < -0.4 is 10.6 Å². The molecule has 0 aliphatic heterocycles. The van der Waals surface area contributed by atoms with E-state index in [0.29, 0.717) is 34.3 Å². The van der Waals surface area contributed by atoms with E-state index in [1.54, 1.807) is 32.3 Å². The Hall–Kier alpha value is -3.63. The van der Waals surface area contributed by atoms with E-state index in [1.807, 2.05) is 6.07 Å². The molecule has 5 rings (SSSR count). The monoisotopic (exact) mass is 468 g/mol. The Morgan fingerprint density at radius 1 is 1.18 bits per heavy atom. The smallest absolute Gasteiger partial charge is 0.256 e. The fourth-order valence-electron chi connectivity index (χ4n) is 4.66. The molecular formula is C23H26F2N8O. The first-order valence-corrected chi connectivity index (χ1v) is 11.4. The Bertz CT molecular complexity index is 1340. The summed E-state index contributed by atoms with van der Waals surface area (Å²) in [5, 5.41) is 7.17. The number of aromatic amines is 1. The summed E-state index contributed by atoms with van der Waals surface area (Å²) in [6, 6.07) is 4.10. The van der Waals surface area contributed by atoms with Crippen molar-refractivity contribution in [3.05, 3.63) is 30.4 Å². The van der Waals surface area contributed by atoms with Gasteiger partial charge in [0.1, 0.15) is 17.0 Å². The maximum absolute atomic E-state index is 13.0. The van der Waals surface area contributed by atoms with Crippen LogP contribution in [0.25, 0.3) is 33.5 Å². The predicted molar refractivity (Wildman–Crippen MR) is 125 cm³/mol. The SMILES string of the molecule is CC(=O)NC1CCC(Nc2ncc3c(-c4ccc5nc(C)n(CC(F)F)c5n4)c[nH]c3n2)CC1. The molecular weight excluding hydrogens is 442 g/mol. The quantitative estimate of drug-likeness (QED) is 0.397. The van der Waals surface area contributed by atoms with E-state index < -0.39 is 13.0 Å². The molecule has 1 aliphatic carbocycles. The molecule has 1 amide bonds. The van der Waals surface area contributed by atoms with E-state index in [4.69, 9.17) is 0 Å². The molecule has 0 unspecified atom stereocenters. The number of nitrogens with zero attached hydrogens (tertiary/aromatic N) is 5. The lowest BCUT2D eigenvalue weighted by atomic mass is 9.91. The minimum atomic E-state index is -2.49. The Morgan fingerprint density at radius 3 is 2.68 bits per heavy atom. The van der Waals surface area contributed by atoms with Crippen LogP contribution >= 0.6 is 0 Å². The van der Waals surface area contributed by atoms with Gasteiger partial charge < -0.3 is 20.2 Å². The molecule has 0 spiro atoms. The molecule has 11 heteroatoms. The molecule has 34 heavy (non-hydrogen) atoms. The molecule has 4 heterocycles. The maximum atomic E-state index is 13.0. The largest absolute Gasteiger partial charge is 0.354 e. The van der Waals surface area contributed by atoms with Crippen molar-refractivity contribution < 1.29 is 13.6 Å². The highest BCUT2D eigenvalue weighted by molar-refractivity contribution is 5.93. The molecule has 1 saturated carbocycles. The van der Waals surface area contributed by atoms with E-state index in [-0.39, 0.29) is 18.0 Å². The van der Waals surface area contributed by atoms with Gasteiger partial charge in [-0.25, -0.2) is 23.7 Å². The second kappa shape index (κ2) is 8.96. The van der Waals surface area contributed by atoms with Gasteiger partial charge in [-0.15, -0.1) is 0 Å². The van der Waals surface area contributed by atoms with E-state index in [1.165, 1.54) is 4.57 Å². The average molecular weight is 469 g/mol. The van der Waals surface area contributed by atoms with Gasteiger partial charge in [-0.05, 0) is 44.7 Å². The number of anilines is 1. The summed E-state index contributed by atoms with van der Waals surface area (Å²) in [6.45, 7) is 2.80. The lowest BCUT2D eigenvalue weighted by Crippen LogP contribution is -2.39. The highest BCUT2D eigenvalue weighted by Crippen LogP contribution is 2.29. The van der Waals surface area contributed by atoms with Crippen LogP contribution in [0.3, 0.4) is 0 Å². The molecule has 0 radical (unpaired) electrons. The average Bonchev–Trinajstić information content (AvgIpc) is 3.34. The summed E-state index contributed by atoms with van der Waals surface area (Å²) in [4.78, 5) is 32.5. The minimum Gasteiger partial charge on any atom is -0.354 e. The van der Waals surface area contributed by atoms with Gasteiger partial charge in [0.2, 0.25) is 11.9 Å². The molecule has 3 N–H and O–H groups in total. The van der Waals surface area contributed by atoms with Gasteiger partial charge >= 0.3 is 0 Å². The summed E-state index contributed by atoms with van der Waals surface area (Å²) >= 11 is 0. The number of carbonyl (C=O) groups excluding carboxylic acids is 1. The Balaban J connectivity index is 1.36. The van der Waals surface area contributed by atoms with Crippen LogP contribution in [0.5, 0.6) is 0 Å². The van der Waals surface area contributed by atoms with Crippen molar-refractivity contribution >= 4 is 34.1 Å². The van der Waals surface area contributed by atoms with Crippen molar-refractivity contribution in [2.75, 3.05) is 5.32 Å². The summed E-state index contributed by atoms with van der Waals surface area (Å²) in [7, 11) is 0. The van der Waals surface area contributed by atoms with Crippen molar-refractivity contribution in [1.29, 1.82) is 0 Å². The first kappa shape index (κ1) is 22.2. The molecule has 4 aromatic rings. The standard InChI is InChI=1S/C23H26F2N8O/c1-12-28-19-8-7-18(31-22(19)33(12)11-20(24)25)16-9-26-21-17(16)10-27-23(32-21)30-15-5-3-14(4-6-15)29-13(2)34/h7-10,14-15,20H,3-6,11H2,1-2H3,(H,29,34)(H2,26,27,30,32). The number of carbonyl (C=O) groups is 1. The van der Waals surface area contributed by atoms with Gasteiger partial charge in [0.25, 0.3) is 6.43 Å². The van der Waals surface area contributed by atoms with E-state index in [2.05, 4.69) is 35.6 Å². The second-order valence-corrected chi connectivity index (χ2v) is 8.75. The van der Waals surface area contributed by atoms with E-state index >= 15 is 0 Å². The third kappa shape index (κ3) is 4.42. The summed E-state index contributed by atoms with van der Waals surface area (Å²) < 4.78 is 27.5. The number of halogens is 2. The molecule has 4 aromatic heterocycles. The second-order valence-electron chi connectivity index (χ2n) is 8.75. The minimum absolute atomic E-state index is 0.00925. The van der Waals surface area contributed by atoms with Crippen LogP contribution in [0.1, 0.15) is 38.4 Å². The van der Waals surface area contributed by atoms with Gasteiger partial charge in [-0.2, -0.15) is 4.98 Å². The number of nitrogens with one attached hydrogen (secondary N) is 3. The summed E-state index contributed by atoms with van der Waals surface area (Å²) in [5.41, 5.74) is 3.10. The van der Waals surface area contributed by atoms with Gasteiger partial charge in [-0.3, -0.25) is 4.79 Å². The zero-order valence-corrected chi connectivity index (χ0v) is 19.0. The number of alkyl halides is 2. The first-order chi connectivity index (χ1) is 16.4. The van der Waals surface area contributed by atoms with Crippen molar-refractivity contribution in [3.8, 4) is 11.3 Å². The number of aryl methyl sites for hydroxylation is 1. The number of imidazole rings is 1. The fraction of sp³-hybridized carbons (Fsp3) is 0.435. The number of rotatable bonds is 6. The zero-order valence-electron chi connectivity index (χ0n) is 19.0. The lowest BCUT2D eigenvalue weighted by Gasteiger charge is -2.29. The molecule has 0 atom stereocenters. The van der Waals surface area contributed by atoms with Crippen LogP contribution in [-0.4, -0.2) is 53.9 Å². The normalized spacial score (nSPS) is 18.6. The number of pyridine rings is 1. The molecule has 9 nitrogen and oxygen atoms in total. The molecule has 0 bridgehead atoms. The van der Waals surface area contributed by atoms with Crippen LogP contribution in [-0.2, 0) is 11.3 Å². The number of hydrogen-bond acceptors (Lipinski definition) is 6. The number of hydrogen-bond donors (Lipinski definition) is 3. The van der Waals surface area contributed by atoms with E-state index in [0.717, 1.165) is 36.6 Å². The molecule has 1 fully saturated rings. The van der Waals surface area contributed by atoms with Crippen molar-refractivity contribution in [1.82, 2.24) is 34.8 Å². The lowest BCUT2D eigenvalue weighted by molar-refractivity contribution is -0.119. The van der Waals surface area contributed by atoms with Gasteiger partial charge in [0, 0.05) is 42.4 Å².